The highest BCUT2D eigenvalue weighted by molar-refractivity contribution is 6.28. The van der Waals surface area contributed by atoms with Crippen molar-refractivity contribution in [1.29, 1.82) is 0 Å². The van der Waals surface area contributed by atoms with Crippen LogP contribution in [-0.2, 0) is 0 Å². The number of halogens is 2. The van der Waals surface area contributed by atoms with Crippen LogP contribution < -0.4 is 0 Å². The minimum Gasteiger partial charge on any atom is -0.306 e. The molecule has 2 nitrogen and oxygen atoms in total. The predicted molar refractivity (Wildman–Crippen MR) is 196 cm³/mol. The van der Waals surface area contributed by atoms with Crippen LogP contribution in [0.5, 0.6) is 0 Å². The fourth-order valence-corrected chi connectivity index (χ4v) is 7.80. The average molecular weight is 633 g/mol. The molecule has 10 rings (SSSR count). The maximum absolute atomic E-state index is 14.3. The molecule has 0 spiro atoms. The third kappa shape index (κ3) is 4.20. The first kappa shape index (κ1) is 27.7. The Labute approximate surface area is 281 Å². The van der Waals surface area contributed by atoms with E-state index in [1.807, 2.05) is 65.2 Å². The molecule has 0 radical (unpaired) electrons. The van der Waals surface area contributed by atoms with E-state index in [9.17, 15) is 8.78 Å². The Morgan fingerprint density at radius 3 is 1.67 bits per heavy atom. The molecular weight excluding hydrogens is 607 g/mol. The van der Waals surface area contributed by atoms with E-state index >= 15 is 0 Å². The lowest BCUT2D eigenvalue weighted by Gasteiger charge is -2.20. The van der Waals surface area contributed by atoms with Crippen molar-refractivity contribution in [2.24, 2.45) is 0 Å². The molecule has 230 valence electrons. The standard InChI is InChI=1S/C45H26F2N2/c46-31-18-14-27(15-19-31)41-35-9-1-2-10-36(35)42(28-16-20-32(47)21-17-28)45-38-23-22-33(34-11-6-12-37(43(34)38)44(41)45)29-7-5-8-30(25-29)39-26-49-24-4-3-13-40(49)48-39/h1-26H. The van der Waals surface area contributed by atoms with Gasteiger partial charge in [0.1, 0.15) is 17.3 Å². The van der Waals surface area contributed by atoms with E-state index in [0.29, 0.717) is 0 Å². The molecule has 2 aromatic heterocycles. The summed E-state index contributed by atoms with van der Waals surface area (Å²) >= 11 is 0. The summed E-state index contributed by atoms with van der Waals surface area (Å²) in [4.78, 5) is 4.88. The Morgan fingerprint density at radius 1 is 0.429 bits per heavy atom. The SMILES string of the molecule is Fc1ccc(-c2c3c(c(-c4ccc(F)cc4)c4ccccc24)-c2ccc(-c4cccc(-c5cn6ccccc6n5)c4)c4cccc-3c24)cc1. The fraction of sp³-hybridized carbons (Fsp3) is 0. The van der Waals surface area contributed by atoms with Crippen LogP contribution in [0.25, 0.3) is 94.1 Å². The molecule has 7 aromatic carbocycles. The highest BCUT2D eigenvalue weighted by Gasteiger charge is 2.31. The van der Waals surface area contributed by atoms with Crippen molar-refractivity contribution in [2.45, 2.75) is 0 Å². The van der Waals surface area contributed by atoms with Gasteiger partial charge in [-0.15, -0.1) is 0 Å². The molecule has 1 aliphatic carbocycles. The number of benzene rings is 7. The van der Waals surface area contributed by atoms with E-state index in [2.05, 4.69) is 72.9 Å². The highest BCUT2D eigenvalue weighted by atomic mass is 19.1. The third-order valence-electron chi connectivity index (χ3n) is 9.89. The minimum atomic E-state index is -0.270. The van der Waals surface area contributed by atoms with Crippen molar-refractivity contribution in [2.75, 3.05) is 0 Å². The largest absolute Gasteiger partial charge is 0.306 e. The predicted octanol–water partition coefficient (Wildman–Crippen LogP) is 12.2. The smallest absolute Gasteiger partial charge is 0.137 e. The second kappa shape index (κ2) is 10.6. The zero-order chi connectivity index (χ0) is 32.6. The first-order chi connectivity index (χ1) is 24.1. The second-order valence-electron chi connectivity index (χ2n) is 12.6. The first-order valence-corrected chi connectivity index (χ1v) is 16.3. The van der Waals surface area contributed by atoms with Gasteiger partial charge in [0.25, 0.3) is 0 Å². The highest BCUT2D eigenvalue weighted by Crippen LogP contribution is 2.58. The molecule has 0 saturated carbocycles. The lowest BCUT2D eigenvalue weighted by Crippen LogP contribution is -1.94. The normalized spacial score (nSPS) is 11.9. The number of fused-ring (bicyclic) bond motifs is 5. The van der Waals surface area contributed by atoms with E-state index in [0.717, 1.165) is 88.7 Å². The van der Waals surface area contributed by atoms with Gasteiger partial charge in [0.05, 0.1) is 5.69 Å². The summed E-state index contributed by atoms with van der Waals surface area (Å²) in [6.07, 6.45) is 4.08. The van der Waals surface area contributed by atoms with Crippen LogP contribution in [0.15, 0.2) is 158 Å². The van der Waals surface area contributed by atoms with E-state index in [-0.39, 0.29) is 11.6 Å². The fourth-order valence-electron chi connectivity index (χ4n) is 7.80. The molecule has 0 amide bonds. The van der Waals surface area contributed by atoms with Crippen molar-refractivity contribution >= 4 is 27.2 Å². The van der Waals surface area contributed by atoms with Gasteiger partial charge >= 0.3 is 0 Å². The Balaban J connectivity index is 1.26. The summed E-state index contributed by atoms with van der Waals surface area (Å²) in [6, 6.07) is 47.6. The van der Waals surface area contributed by atoms with Crippen LogP contribution in [0, 0.1) is 11.6 Å². The van der Waals surface area contributed by atoms with Crippen LogP contribution in [0.4, 0.5) is 8.78 Å². The molecule has 0 saturated heterocycles. The number of nitrogens with zero attached hydrogens (tertiary/aromatic N) is 2. The summed E-state index contributed by atoms with van der Waals surface area (Å²) in [5, 5.41) is 4.46. The number of hydrogen-bond acceptors (Lipinski definition) is 1. The topological polar surface area (TPSA) is 17.3 Å². The maximum atomic E-state index is 14.3. The number of hydrogen-bond donors (Lipinski definition) is 0. The molecule has 0 unspecified atom stereocenters. The Kier molecular flexibility index (Phi) is 5.97. The van der Waals surface area contributed by atoms with Crippen molar-refractivity contribution < 1.29 is 8.78 Å². The van der Waals surface area contributed by atoms with Crippen molar-refractivity contribution in [3.05, 3.63) is 170 Å². The van der Waals surface area contributed by atoms with Gasteiger partial charge in [-0.3, -0.25) is 0 Å². The molecule has 1 aliphatic rings. The molecular formula is C45H26F2N2. The molecule has 0 atom stereocenters. The molecule has 0 bridgehead atoms. The molecule has 0 fully saturated rings. The summed E-state index contributed by atoms with van der Waals surface area (Å²) in [5.74, 6) is -0.540. The van der Waals surface area contributed by atoms with Crippen molar-refractivity contribution in [3.8, 4) is 66.9 Å². The van der Waals surface area contributed by atoms with Gasteiger partial charge in [0, 0.05) is 18.0 Å². The average Bonchev–Trinajstić information content (AvgIpc) is 3.73. The van der Waals surface area contributed by atoms with Gasteiger partial charge in [-0.25, -0.2) is 13.8 Å². The van der Waals surface area contributed by atoms with E-state index in [4.69, 9.17) is 4.98 Å². The number of aromatic nitrogens is 2. The van der Waals surface area contributed by atoms with Gasteiger partial charge in [0.2, 0.25) is 0 Å². The summed E-state index contributed by atoms with van der Waals surface area (Å²) in [5.41, 5.74) is 13.6. The van der Waals surface area contributed by atoms with Crippen molar-refractivity contribution in [3.63, 3.8) is 0 Å². The molecule has 4 heteroatoms. The van der Waals surface area contributed by atoms with Gasteiger partial charge in [-0.05, 0) is 120 Å². The first-order valence-electron chi connectivity index (χ1n) is 16.3. The number of pyridine rings is 1. The van der Waals surface area contributed by atoms with E-state index in [1.165, 1.54) is 29.7 Å². The zero-order valence-corrected chi connectivity index (χ0v) is 26.2. The lowest BCUT2D eigenvalue weighted by molar-refractivity contribution is 0.627. The third-order valence-corrected chi connectivity index (χ3v) is 9.89. The Morgan fingerprint density at radius 2 is 1.00 bits per heavy atom. The molecule has 2 heterocycles. The Bertz CT molecular complexity index is 2640. The van der Waals surface area contributed by atoms with Gasteiger partial charge in [0.15, 0.2) is 0 Å². The minimum absolute atomic E-state index is 0.270. The second-order valence-corrected chi connectivity index (χ2v) is 12.6. The van der Waals surface area contributed by atoms with Crippen LogP contribution >= 0.6 is 0 Å². The lowest BCUT2D eigenvalue weighted by atomic mass is 9.82. The molecule has 0 N–H and O–H groups in total. The number of imidazole rings is 1. The van der Waals surface area contributed by atoms with Gasteiger partial charge < -0.3 is 4.40 Å². The monoisotopic (exact) mass is 632 g/mol. The van der Waals surface area contributed by atoms with Crippen LogP contribution in [-0.4, -0.2) is 9.38 Å². The van der Waals surface area contributed by atoms with Gasteiger partial charge in [-0.1, -0.05) is 103 Å². The van der Waals surface area contributed by atoms with Crippen molar-refractivity contribution in [1.82, 2.24) is 9.38 Å². The molecule has 9 aromatic rings. The quantitative estimate of drug-likeness (QED) is 0.189. The molecule has 49 heavy (non-hydrogen) atoms. The summed E-state index contributed by atoms with van der Waals surface area (Å²) in [7, 11) is 0. The van der Waals surface area contributed by atoms with Crippen LogP contribution in [0.1, 0.15) is 0 Å². The van der Waals surface area contributed by atoms with Crippen LogP contribution in [0.2, 0.25) is 0 Å². The Hall–Kier alpha value is -6.39. The van der Waals surface area contributed by atoms with Crippen LogP contribution in [0.3, 0.4) is 0 Å². The molecule has 0 aliphatic heterocycles. The zero-order valence-electron chi connectivity index (χ0n) is 26.2. The summed E-state index contributed by atoms with van der Waals surface area (Å²) in [6.45, 7) is 0. The maximum Gasteiger partial charge on any atom is 0.137 e. The van der Waals surface area contributed by atoms with E-state index in [1.54, 1.807) is 0 Å². The number of rotatable bonds is 4. The van der Waals surface area contributed by atoms with Gasteiger partial charge in [-0.2, -0.15) is 0 Å². The summed E-state index contributed by atoms with van der Waals surface area (Å²) < 4.78 is 30.6. The van der Waals surface area contributed by atoms with E-state index < -0.39 is 0 Å².